The van der Waals surface area contributed by atoms with Crippen LogP contribution in [0.15, 0.2) is 84.0 Å². The van der Waals surface area contributed by atoms with E-state index >= 15 is 4.79 Å². The topological polar surface area (TPSA) is 206 Å². The summed E-state index contributed by atoms with van der Waals surface area (Å²) in [5, 5.41) is 16.9. The molecule has 0 aliphatic rings. The Bertz CT molecular complexity index is 2220. The fraction of sp³-hybridized carbons (Fsp3) is 0.500. The summed E-state index contributed by atoms with van der Waals surface area (Å²) in [5.74, 6) is -3.59. The molecule has 62 heavy (non-hydrogen) atoms. The molecule has 338 valence electrons. The second-order valence-electron chi connectivity index (χ2n) is 18.3. The highest BCUT2D eigenvalue weighted by molar-refractivity contribution is 7.89. The number of nitrogens with zero attached hydrogens (tertiary/aromatic N) is 1. The Morgan fingerprint density at radius 2 is 1.31 bits per heavy atom. The summed E-state index contributed by atoms with van der Waals surface area (Å²) in [6.45, 7) is 22.3. The Balaban J connectivity index is 1.88. The number of primary sulfonamides is 1. The maximum atomic E-state index is 15.3. The van der Waals surface area contributed by atoms with E-state index in [0.717, 1.165) is 18.4 Å². The van der Waals surface area contributed by atoms with Gasteiger partial charge >= 0.3 is 0 Å². The lowest BCUT2D eigenvalue weighted by Gasteiger charge is -2.46. The van der Waals surface area contributed by atoms with Crippen molar-refractivity contribution in [3.63, 3.8) is 0 Å². The van der Waals surface area contributed by atoms with Gasteiger partial charge in [0.1, 0.15) is 11.7 Å². The van der Waals surface area contributed by atoms with Crippen LogP contribution in [-0.4, -0.2) is 49.3 Å². The van der Waals surface area contributed by atoms with Crippen molar-refractivity contribution in [1.82, 2.24) is 5.32 Å². The zero-order chi connectivity index (χ0) is 46.7. The highest BCUT2D eigenvalue weighted by atomic mass is 32.2. The molecule has 14 heteroatoms. The molecule has 0 aromatic heterocycles. The number of carbonyl (C=O) groups is 5. The Labute approximate surface area is 368 Å². The molecule has 3 amide bonds. The quantitative estimate of drug-likeness (QED) is 0.0352. The van der Waals surface area contributed by atoms with Gasteiger partial charge in [0.2, 0.25) is 15.9 Å². The second-order valence-corrected chi connectivity index (χ2v) is 20.0. The lowest BCUT2D eigenvalue weighted by Crippen LogP contribution is -2.48. The first-order chi connectivity index (χ1) is 28.8. The molecule has 3 rings (SSSR count). The number of carbonyl (C=O) groups excluding carboxylic acids is 5. The van der Waals surface area contributed by atoms with Gasteiger partial charge in [-0.1, -0.05) is 125 Å². The fourth-order valence-corrected chi connectivity index (χ4v) is 8.00. The zero-order valence-electron chi connectivity index (χ0n) is 38.4. The normalized spacial score (nSPS) is 15.3. The van der Waals surface area contributed by atoms with Crippen LogP contribution in [0, 0.1) is 27.6 Å². The third-order valence-corrected chi connectivity index (χ3v) is 13.4. The molecule has 0 saturated heterocycles. The summed E-state index contributed by atoms with van der Waals surface area (Å²) in [6.07, 6.45) is 4.06. The molecule has 0 aliphatic carbocycles. The summed E-state index contributed by atoms with van der Waals surface area (Å²) in [6, 6.07) is 22.7. The Morgan fingerprint density at radius 3 is 1.85 bits per heavy atom. The van der Waals surface area contributed by atoms with E-state index in [1.165, 1.54) is 31.2 Å². The minimum absolute atomic E-state index is 0.00730. The summed E-state index contributed by atoms with van der Waals surface area (Å²) in [4.78, 5) is 68.1. The summed E-state index contributed by atoms with van der Waals surface area (Å²) < 4.78 is 22.5. The third-order valence-electron chi connectivity index (χ3n) is 12.9. The molecule has 0 heterocycles. The van der Waals surface area contributed by atoms with Crippen LogP contribution in [-0.2, 0) is 29.2 Å². The molecule has 0 radical (unpaired) electrons. The van der Waals surface area contributed by atoms with Crippen molar-refractivity contribution in [2.45, 2.75) is 121 Å². The molecule has 13 nitrogen and oxygen atoms in total. The van der Waals surface area contributed by atoms with Crippen LogP contribution in [0.4, 0.5) is 17.1 Å². The molecule has 0 aliphatic heterocycles. The number of nitrogens with one attached hydrogen (secondary N) is 4. The van der Waals surface area contributed by atoms with Crippen LogP contribution in [0.1, 0.15) is 137 Å². The molecule has 4 unspecified atom stereocenters. The first-order valence-electron chi connectivity index (χ1n) is 21.4. The van der Waals surface area contributed by atoms with Gasteiger partial charge in [-0.05, 0) is 84.4 Å². The van der Waals surface area contributed by atoms with Gasteiger partial charge in [-0.25, -0.2) is 13.6 Å². The molecular weight excluding hydrogens is 805 g/mol. The number of sulfonamides is 1. The first-order valence-corrected chi connectivity index (χ1v) is 23.1. The summed E-state index contributed by atoms with van der Waals surface area (Å²) >= 11 is 0. The fourth-order valence-electron chi connectivity index (χ4n) is 7.67. The number of benzene rings is 3. The summed E-state index contributed by atoms with van der Waals surface area (Å²) in [7, 11) is -3.94. The van der Waals surface area contributed by atoms with Crippen LogP contribution < -0.4 is 26.5 Å². The van der Waals surface area contributed by atoms with E-state index in [4.69, 9.17) is 5.14 Å². The predicted octanol–water partition coefficient (Wildman–Crippen LogP) is 9.05. The molecule has 0 saturated carbocycles. The number of Topliss-reactive ketones (excluding diaryl/α,β-unsaturated/α-hetero) is 2. The van der Waals surface area contributed by atoms with Crippen molar-refractivity contribution in [3.05, 3.63) is 90.0 Å². The highest BCUT2D eigenvalue weighted by Crippen LogP contribution is 2.53. The first kappa shape index (κ1) is 51.1. The van der Waals surface area contributed by atoms with Crippen LogP contribution in [0.2, 0.25) is 0 Å². The number of anilines is 3. The van der Waals surface area contributed by atoms with Crippen LogP contribution in [0.3, 0.4) is 0 Å². The maximum Gasteiger partial charge on any atom is 0.279 e. The van der Waals surface area contributed by atoms with Crippen molar-refractivity contribution < 1.29 is 32.4 Å². The highest BCUT2D eigenvalue weighted by Gasteiger charge is 2.51. The van der Waals surface area contributed by atoms with Gasteiger partial charge < -0.3 is 16.0 Å². The minimum atomic E-state index is -3.94. The van der Waals surface area contributed by atoms with E-state index in [2.05, 4.69) is 87.1 Å². The number of hydrogen-bond donors (Lipinski definition) is 5. The van der Waals surface area contributed by atoms with E-state index in [1.807, 2.05) is 39.0 Å². The third kappa shape index (κ3) is 13.6. The SMILES string of the molecule is CCC(C)(C)CC(c1ccccc1)C(C)(CC)C(=O)C(C)(CC)CC(C(=O)Nc1cccc(NC(=O)/C(=N\Nc2cccc(C(=O)NCS(N)(=O)=O)c2)C(C)=O)c1)C(C)(C)CC. The van der Waals surface area contributed by atoms with Gasteiger partial charge in [-0.3, -0.25) is 29.4 Å². The molecule has 4 atom stereocenters. The predicted molar refractivity (Wildman–Crippen MR) is 249 cm³/mol. The number of nitrogens with two attached hydrogens (primary N) is 1. The van der Waals surface area contributed by atoms with Gasteiger partial charge in [0.25, 0.3) is 11.8 Å². The van der Waals surface area contributed by atoms with Crippen molar-refractivity contribution in [1.29, 1.82) is 0 Å². The van der Waals surface area contributed by atoms with Gasteiger partial charge in [-0.2, -0.15) is 5.10 Å². The molecule has 0 spiro atoms. The van der Waals surface area contributed by atoms with Gasteiger partial charge in [-0.15, -0.1) is 0 Å². The average molecular weight is 873 g/mol. The molecule has 6 N–H and O–H groups in total. The Hall–Kier alpha value is -5.21. The van der Waals surface area contributed by atoms with Crippen molar-refractivity contribution in [2.75, 3.05) is 21.9 Å². The minimum Gasteiger partial charge on any atom is -0.337 e. The average Bonchev–Trinajstić information content (AvgIpc) is 3.23. The van der Waals surface area contributed by atoms with Crippen LogP contribution >= 0.6 is 0 Å². The molecule has 0 fully saturated rings. The van der Waals surface area contributed by atoms with Crippen molar-refractivity contribution in [2.24, 2.45) is 37.8 Å². The number of amides is 3. The van der Waals surface area contributed by atoms with E-state index in [-0.39, 0.29) is 40.0 Å². The molecule has 3 aromatic carbocycles. The van der Waals surface area contributed by atoms with E-state index in [1.54, 1.807) is 24.3 Å². The molecular formula is C48H68N6O7S. The van der Waals surface area contributed by atoms with Crippen LogP contribution in [0.5, 0.6) is 0 Å². The summed E-state index contributed by atoms with van der Waals surface area (Å²) in [5.41, 5.74) is 2.32. The maximum absolute atomic E-state index is 15.3. The number of rotatable bonds is 23. The standard InChI is InChI=1S/C48H68N6O7S/c1-12-45(6,7)29-38(33-21-17-16-18-22-33)48(11,15-4)44(59)47(10,14-3)30-39(46(8,9)13-2)42(57)51-35-24-20-25-36(28-35)52-43(58)40(32(5)55)54-53-37-26-19-23-34(27-37)41(56)50-31-62(49,60)61/h16-28,38-39,53H,12-15,29-31H2,1-11H3,(H,50,56)(H,51,57)(H,52,58)(H2,49,60,61)/b54-40-. The van der Waals surface area contributed by atoms with Crippen LogP contribution in [0.25, 0.3) is 0 Å². The number of ketones is 2. The molecule has 3 aromatic rings. The largest absolute Gasteiger partial charge is 0.337 e. The lowest BCUT2D eigenvalue weighted by atomic mass is 9.56. The zero-order valence-corrected chi connectivity index (χ0v) is 39.2. The number of hydrazone groups is 1. The molecule has 0 bridgehead atoms. The smallest absolute Gasteiger partial charge is 0.279 e. The Morgan fingerprint density at radius 1 is 0.710 bits per heavy atom. The number of hydrogen-bond acceptors (Lipinski definition) is 9. The van der Waals surface area contributed by atoms with Crippen molar-refractivity contribution >= 4 is 62.1 Å². The lowest BCUT2D eigenvalue weighted by molar-refractivity contribution is -0.143. The monoisotopic (exact) mass is 872 g/mol. The second kappa shape index (κ2) is 21.2. The van der Waals surface area contributed by atoms with Gasteiger partial charge in [0.05, 0.1) is 5.69 Å². The Kier molecular flexibility index (Phi) is 17.5. The van der Waals surface area contributed by atoms with E-state index in [9.17, 15) is 27.6 Å². The van der Waals surface area contributed by atoms with Crippen molar-refractivity contribution in [3.8, 4) is 0 Å². The van der Waals surface area contributed by atoms with Gasteiger partial charge in [0.15, 0.2) is 11.5 Å². The van der Waals surface area contributed by atoms with E-state index < -0.39 is 61.4 Å². The van der Waals surface area contributed by atoms with E-state index in [0.29, 0.717) is 31.4 Å². The van der Waals surface area contributed by atoms with Gasteiger partial charge in [0, 0.05) is 40.6 Å².